The zero-order chi connectivity index (χ0) is 15.2. The Bertz CT molecular complexity index is 540. The summed E-state index contributed by atoms with van der Waals surface area (Å²) in [7, 11) is 0. The van der Waals surface area contributed by atoms with Crippen LogP contribution in [0.3, 0.4) is 0 Å². The highest BCUT2D eigenvalue weighted by molar-refractivity contribution is 5.95. The normalized spacial score (nSPS) is 12.6. The maximum atomic E-state index is 11.9. The average molecular weight is 363 g/mol. The number of hydrogen-bond donors (Lipinski definition) is 3. The maximum Gasteiger partial charge on any atom is 0.243 e. The topological polar surface area (TPSA) is 87.5 Å². The van der Waals surface area contributed by atoms with Crippen LogP contribution in [0, 0.1) is 0 Å². The van der Waals surface area contributed by atoms with Crippen molar-refractivity contribution in [3.63, 3.8) is 0 Å². The molecule has 6 nitrogen and oxygen atoms in total. The molecule has 0 unspecified atom stereocenters. The van der Waals surface area contributed by atoms with E-state index in [0.717, 1.165) is 31.7 Å². The van der Waals surface area contributed by atoms with Crippen LogP contribution in [0.5, 0.6) is 0 Å². The molecule has 1 aromatic rings. The Morgan fingerprint density at radius 1 is 1.22 bits per heavy atom. The number of benzene rings is 1. The van der Waals surface area contributed by atoms with Crippen molar-refractivity contribution in [2.45, 2.75) is 26.4 Å². The second-order valence-electron chi connectivity index (χ2n) is 5.18. The number of anilines is 1. The molecule has 0 saturated carbocycles. The van der Waals surface area contributed by atoms with Crippen LogP contribution in [-0.4, -0.2) is 36.3 Å². The average Bonchev–Trinajstić information content (AvgIpc) is 2.89. The van der Waals surface area contributed by atoms with Crippen molar-refractivity contribution in [2.75, 3.05) is 25.0 Å². The van der Waals surface area contributed by atoms with Gasteiger partial charge in [0.05, 0.1) is 13.1 Å². The summed E-state index contributed by atoms with van der Waals surface area (Å²) in [4.78, 5) is 25.3. The summed E-state index contributed by atoms with van der Waals surface area (Å²) in [5.74, 6) is -0.572. The predicted molar refractivity (Wildman–Crippen MR) is 96.0 cm³/mol. The summed E-state index contributed by atoms with van der Waals surface area (Å²) < 4.78 is 0. The first-order chi connectivity index (χ1) is 10.1. The summed E-state index contributed by atoms with van der Waals surface area (Å²) in [6, 6.07) is 5.94. The first-order valence-corrected chi connectivity index (χ1v) is 7.23. The van der Waals surface area contributed by atoms with Gasteiger partial charge in [0.15, 0.2) is 0 Å². The number of carbonyl (C=O) groups is 2. The molecule has 4 N–H and O–H groups in total. The molecular weight excluding hydrogens is 339 g/mol. The van der Waals surface area contributed by atoms with E-state index in [2.05, 4.69) is 28.5 Å². The van der Waals surface area contributed by atoms with Gasteiger partial charge in [-0.1, -0.05) is 19.1 Å². The fraction of sp³-hybridized carbons (Fsp3) is 0.467. The molecule has 0 bridgehead atoms. The van der Waals surface area contributed by atoms with Crippen molar-refractivity contribution < 1.29 is 9.59 Å². The van der Waals surface area contributed by atoms with Crippen LogP contribution in [0.1, 0.15) is 24.5 Å². The second-order valence-corrected chi connectivity index (χ2v) is 5.18. The third-order valence-electron chi connectivity index (χ3n) is 3.49. The van der Waals surface area contributed by atoms with E-state index in [1.54, 1.807) is 0 Å². The van der Waals surface area contributed by atoms with Crippen molar-refractivity contribution in [3.05, 3.63) is 29.3 Å². The lowest BCUT2D eigenvalue weighted by molar-refractivity contribution is -0.123. The number of amides is 2. The SMILES string of the molecule is CCCN1Cc2cccc(NC(=O)CNC(=O)CN)c2C1.Cl.Cl. The molecule has 1 aromatic carbocycles. The molecule has 1 aliphatic rings. The number of halogens is 2. The first kappa shape index (κ1) is 21.7. The van der Waals surface area contributed by atoms with Gasteiger partial charge in [0.25, 0.3) is 0 Å². The Kier molecular flexibility index (Phi) is 9.83. The molecule has 0 atom stereocenters. The van der Waals surface area contributed by atoms with Crippen molar-refractivity contribution >= 4 is 42.3 Å². The highest BCUT2D eigenvalue weighted by Crippen LogP contribution is 2.29. The molecule has 2 amide bonds. The van der Waals surface area contributed by atoms with E-state index >= 15 is 0 Å². The molecule has 23 heavy (non-hydrogen) atoms. The minimum atomic E-state index is -0.336. The monoisotopic (exact) mass is 362 g/mol. The van der Waals surface area contributed by atoms with Crippen molar-refractivity contribution in [3.8, 4) is 0 Å². The second kappa shape index (κ2) is 10.4. The third kappa shape index (κ3) is 5.99. The quantitative estimate of drug-likeness (QED) is 0.710. The lowest BCUT2D eigenvalue weighted by atomic mass is 10.1. The van der Waals surface area contributed by atoms with Gasteiger partial charge in [-0.25, -0.2) is 0 Å². The molecule has 130 valence electrons. The summed E-state index contributed by atoms with van der Waals surface area (Å²) in [5.41, 5.74) is 8.44. The van der Waals surface area contributed by atoms with Crippen LogP contribution < -0.4 is 16.4 Å². The Balaban J connectivity index is 0.00000242. The largest absolute Gasteiger partial charge is 0.346 e. The van der Waals surface area contributed by atoms with Crippen molar-refractivity contribution in [1.29, 1.82) is 0 Å². The Morgan fingerprint density at radius 3 is 2.61 bits per heavy atom. The predicted octanol–water partition coefficient (Wildman–Crippen LogP) is 1.27. The fourth-order valence-corrected chi connectivity index (χ4v) is 2.53. The van der Waals surface area contributed by atoms with Gasteiger partial charge in [0, 0.05) is 18.8 Å². The zero-order valence-corrected chi connectivity index (χ0v) is 14.8. The molecule has 0 fully saturated rings. The number of fused-ring (bicyclic) bond motifs is 1. The van der Waals surface area contributed by atoms with Crippen molar-refractivity contribution in [2.24, 2.45) is 5.73 Å². The Morgan fingerprint density at radius 2 is 1.96 bits per heavy atom. The standard InChI is InChI=1S/C15H22N4O2.2ClH/c1-2-6-19-9-11-4-3-5-13(12(11)10-19)18-15(21)8-17-14(20)7-16;;/h3-5H,2,6-10,16H2,1H3,(H,17,20)(H,18,21);2*1H. The zero-order valence-electron chi connectivity index (χ0n) is 13.1. The summed E-state index contributed by atoms with van der Waals surface area (Å²) in [6.07, 6.45) is 1.11. The van der Waals surface area contributed by atoms with Crippen LogP contribution in [0.15, 0.2) is 18.2 Å². The van der Waals surface area contributed by atoms with E-state index in [1.807, 2.05) is 12.1 Å². The number of rotatable bonds is 6. The van der Waals surface area contributed by atoms with Crippen LogP contribution in [0.4, 0.5) is 5.69 Å². The van der Waals surface area contributed by atoms with Crippen molar-refractivity contribution in [1.82, 2.24) is 10.2 Å². The van der Waals surface area contributed by atoms with E-state index in [9.17, 15) is 9.59 Å². The van der Waals surface area contributed by atoms with E-state index in [0.29, 0.717) is 0 Å². The number of nitrogens with two attached hydrogens (primary N) is 1. The lowest BCUT2D eigenvalue weighted by Crippen LogP contribution is -2.36. The smallest absolute Gasteiger partial charge is 0.243 e. The van der Waals surface area contributed by atoms with E-state index in [4.69, 9.17) is 5.73 Å². The van der Waals surface area contributed by atoms with Gasteiger partial charge < -0.3 is 16.4 Å². The van der Waals surface area contributed by atoms with Gasteiger partial charge in [0.1, 0.15) is 0 Å². The molecule has 0 aromatic heterocycles. The Hall–Kier alpha value is -1.34. The molecule has 0 spiro atoms. The van der Waals surface area contributed by atoms with Gasteiger partial charge in [-0.2, -0.15) is 0 Å². The summed E-state index contributed by atoms with van der Waals surface area (Å²) >= 11 is 0. The van der Waals surface area contributed by atoms with Gasteiger partial charge >= 0.3 is 0 Å². The molecular formula is C15H24Cl2N4O2. The van der Waals surface area contributed by atoms with Crippen LogP contribution in [0.2, 0.25) is 0 Å². The lowest BCUT2D eigenvalue weighted by Gasteiger charge is -2.13. The molecule has 0 aliphatic carbocycles. The highest BCUT2D eigenvalue weighted by Gasteiger charge is 2.21. The molecule has 0 radical (unpaired) electrons. The summed E-state index contributed by atoms with van der Waals surface area (Å²) in [6.45, 7) is 4.82. The summed E-state index contributed by atoms with van der Waals surface area (Å²) in [5, 5.41) is 5.33. The number of nitrogens with one attached hydrogen (secondary N) is 2. The van der Waals surface area contributed by atoms with Crippen LogP contribution >= 0.6 is 24.8 Å². The first-order valence-electron chi connectivity index (χ1n) is 7.23. The van der Waals surface area contributed by atoms with Gasteiger partial charge in [-0.15, -0.1) is 24.8 Å². The molecule has 2 rings (SSSR count). The Labute approximate surface area is 149 Å². The molecule has 1 aliphatic heterocycles. The van der Waals surface area contributed by atoms with E-state index < -0.39 is 0 Å². The maximum absolute atomic E-state index is 11.9. The molecule has 1 heterocycles. The third-order valence-corrected chi connectivity index (χ3v) is 3.49. The minimum Gasteiger partial charge on any atom is -0.346 e. The molecule has 0 saturated heterocycles. The molecule has 8 heteroatoms. The van der Waals surface area contributed by atoms with Gasteiger partial charge in [-0.05, 0) is 30.2 Å². The van der Waals surface area contributed by atoms with Gasteiger partial charge in [-0.3, -0.25) is 14.5 Å². The van der Waals surface area contributed by atoms with E-state index in [-0.39, 0.29) is 49.7 Å². The number of hydrogen-bond acceptors (Lipinski definition) is 4. The highest BCUT2D eigenvalue weighted by atomic mass is 35.5. The number of nitrogens with zero attached hydrogens (tertiary/aromatic N) is 1. The fourth-order valence-electron chi connectivity index (χ4n) is 2.53. The van der Waals surface area contributed by atoms with Gasteiger partial charge in [0.2, 0.25) is 11.8 Å². The minimum absolute atomic E-state index is 0. The number of carbonyl (C=O) groups excluding carboxylic acids is 2. The van der Waals surface area contributed by atoms with E-state index in [1.165, 1.54) is 11.1 Å². The van der Waals surface area contributed by atoms with Crippen LogP contribution in [-0.2, 0) is 22.7 Å². The van der Waals surface area contributed by atoms with Crippen LogP contribution in [0.25, 0.3) is 0 Å².